The third-order valence-corrected chi connectivity index (χ3v) is 7.76. The van der Waals surface area contributed by atoms with Crippen molar-refractivity contribution in [2.24, 2.45) is 0 Å². The van der Waals surface area contributed by atoms with E-state index >= 15 is 0 Å². The average molecular weight is 558 g/mol. The van der Waals surface area contributed by atoms with Crippen LogP contribution in [0.15, 0.2) is 76.6 Å². The highest BCUT2D eigenvalue weighted by atomic mass is 32.2. The molecule has 2 aromatic carbocycles. The van der Waals surface area contributed by atoms with Crippen LogP contribution in [0.25, 0.3) is 11.7 Å². The van der Waals surface area contributed by atoms with Crippen LogP contribution in [0.3, 0.4) is 0 Å². The van der Waals surface area contributed by atoms with Crippen molar-refractivity contribution in [3.63, 3.8) is 0 Å². The van der Waals surface area contributed by atoms with E-state index in [1.807, 2.05) is 55.5 Å². The molecule has 0 bridgehead atoms. The smallest absolute Gasteiger partial charge is 0.269 e. The molecule has 0 saturated carbocycles. The van der Waals surface area contributed by atoms with Crippen LogP contribution in [0.2, 0.25) is 0 Å². The van der Waals surface area contributed by atoms with Crippen molar-refractivity contribution in [3.8, 4) is 17.4 Å². The minimum absolute atomic E-state index is 0.138. The van der Waals surface area contributed by atoms with Gasteiger partial charge in [-0.3, -0.25) is 18.9 Å². The molecule has 0 aliphatic carbocycles. The molecule has 1 aliphatic rings. The highest BCUT2D eigenvalue weighted by molar-refractivity contribution is 8.26. The number of thiocarbonyl (C=S) groups is 1. The Kier molecular flexibility index (Phi) is 7.54. The summed E-state index contributed by atoms with van der Waals surface area (Å²) in [6.07, 6.45) is 3.19. The Balaban J connectivity index is 1.56. The van der Waals surface area contributed by atoms with Crippen LogP contribution in [-0.4, -0.2) is 31.6 Å². The van der Waals surface area contributed by atoms with Crippen molar-refractivity contribution >= 4 is 45.9 Å². The lowest BCUT2D eigenvalue weighted by molar-refractivity contribution is -0.122. The number of aromatic nitrogens is 2. The summed E-state index contributed by atoms with van der Waals surface area (Å²) < 4.78 is 13.4. The minimum atomic E-state index is -0.338. The molecular formula is C30H27N3O4S2. The van der Waals surface area contributed by atoms with Crippen molar-refractivity contribution in [1.29, 1.82) is 0 Å². The molecule has 0 radical (unpaired) electrons. The molecule has 9 heteroatoms. The van der Waals surface area contributed by atoms with Gasteiger partial charge in [-0.2, -0.15) is 4.98 Å². The predicted octanol–water partition coefficient (Wildman–Crippen LogP) is 6.33. The molecule has 198 valence electrons. The molecule has 0 spiro atoms. The lowest BCUT2D eigenvalue weighted by atomic mass is 10.0. The van der Waals surface area contributed by atoms with Crippen LogP contribution in [0.4, 0.5) is 0 Å². The Hall–Kier alpha value is -3.95. The molecule has 1 fully saturated rings. The Labute approximate surface area is 236 Å². The van der Waals surface area contributed by atoms with Gasteiger partial charge in [0.25, 0.3) is 11.5 Å². The molecule has 39 heavy (non-hydrogen) atoms. The summed E-state index contributed by atoms with van der Waals surface area (Å²) in [6.45, 7) is 6.45. The van der Waals surface area contributed by atoms with Gasteiger partial charge in [0.05, 0.1) is 18.6 Å². The number of benzene rings is 2. The van der Waals surface area contributed by atoms with Crippen molar-refractivity contribution in [1.82, 2.24) is 14.3 Å². The van der Waals surface area contributed by atoms with Crippen LogP contribution in [0.1, 0.15) is 42.0 Å². The number of amides is 1. The lowest BCUT2D eigenvalue weighted by Crippen LogP contribution is -2.27. The number of thioether (sulfide) groups is 1. The van der Waals surface area contributed by atoms with Crippen molar-refractivity contribution in [2.45, 2.75) is 33.2 Å². The summed E-state index contributed by atoms with van der Waals surface area (Å²) in [5.41, 5.74) is 3.21. The fourth-order valence-electron chi connectivity index (χ4n) is 4.28. The number of hydrogen-bond donors (Lipinski definition) is 0. The van der Waals surface area contributed by atoms with Crippen molar-refractivity contribution in [3.05, 3.63) is 104 Å². The predicted molar refractivity (Wildman–Crippen MR) is 159 cm³/mol. The number of methoxy groups -OCH3 is 1. The van der Waals surface area contributed by atoms with Gasteiger partial charge in [0.1, 0.15) is 27.0 Å². The first kappa shape index (κ1) is 26.6. The minimum Gasteiger partial charge on any atom is -0.497 e. The molecular weight excluding hydrogens is 530 g/mol. The third kappa shape index (κ3) is 5.46. The van der Waals surface area contributed by atoms with Gasteiger partial charge in [-0.15, -0.1) is 0 Å². The Bertz CT molecular complexity index is 1680. The highest BCUT2D eigenvalue weighted by Gasteiger charge is 2.33. The van der Waals surface area contributed by atoms with E-state index in [0.29, 0.717) is 27.2 Å². The zero-order chi connectivity index (χ0) is 27.7. The molecule has 1 amide bonds. The fraction of sp³-hybridized carbons (Fsp3) is 0.200. The van der Waals surface area contributed by atoms with Crippen molar-refractivity contribution in [2.75, 3.05) is 7.11 Å². The van der Waals surface area contributed by atoms with E-state index in [1.54, 1.807) is 31.5 Å². The number of pyridine rings is 1. The molecule has 1 saturated heterocycles. The Morgan fingerprint density at radius 1 is 1.08 bits per heavy atom. The van der Waals surface area contributed by atoms with Gasteiger partial charge in [0.2, 0.25) is 5.88 Å². The van der Waals surface area contributed by atoms with E-state index in [4.69, 9.17) is 21.7 Å². The zero-order valence-electron chi connectivity index (χ0n) is 22.0. The summed E-state index contributed by atoms with van der Waals surface area (Å²) >= 11 is 6.69. The zero-order valence-corrected chi connectivity index (χ0v) is 23.6. The van der Waals surface area contributed by atoms with E-state index in [1.165, 1.54) is 9.30 Å². The first-order valence-corrected chi connectivity index (χ1v) is 13.7. The van der Waals surface area contributed by atoms with E-state index in [9.17, 15) is 9.59 Å². The number of nitrogens with zero attached hydrogens (tertiary/aromatic N) is 3. The summed E-state index contributed by atoms with van der Waals surface area (Å²) in [4.78, 5) is 33.6. The summed E-state index contributed by atoms with van der Waals surface area (Å²) in [6, 6.07) is 18.7. The fourth-order valence-corrected chi connectivity index (χ4v) is 5.51. The molecule has 1 aliphatic heterocycles. The SMILES string of the molecule is COc1ccc(CN2C(=O)/C(=C\c3c(Oc4cc(C)ccc4C(C)C)nc4ccccn4c3=O)SC2=S)cc1. The van der Waals surface area contributed by atoms with Crippen LogP contribution >= 0.6 is 24.0 Å². The molecule has 0 atom stereocenters. The summed E-state index contributed by atoms with van der Waals surface area (Å²) in [5.74, 6) is 1.41. The summed E-state index contributed by atoms with van der Waals surface area (Å²) in [5, 5.41) is 0. The van der Waals surface area contributed by atoms with Crippen LogP contribution in [-0.2, 0) is 11.3 Å². The van der Waals surface area contributed by atoms with Gasteiger partial charge >= 0.3 is 0 Å². The number of hydrogen-bond acceptors (Lipinski definition) is 7. The molecule has 5 rings (SSSR count). The van der Waals surface area contributed by atoms with Crippen LogP contribution < -0.4 is 15.0 Å². The standard InChI is InChI=1S/C30H27N3O4S2/c1-18(2)22-13-8-19(3)15-24(22)37-27-23(28(34)32-14-6-5-7-26(32)31-27)16-25-29(35)33(30(38)39-25)17-20-9-11-21(36-4)12-10-20/h5-16,18H,17H2,1-4H3/b25-16+. The van der Waals surface area contributed by atoms with Gasteiger partial charge in [0.15, 0.2) is 0 Å². The first-order chi connectivity index (χ1) is 18.7. The molecule has 7 nitrogen and oxygen atoms in total. The van der Waals surface area contributed by atoms with Crippen molar-refractivity contribution < 1.29 is 14.3 Å². The molecule has 4 aromatic rings. The van der Waals surface area contributed by atoms with E-state index in [0.717, 1.165) is 34.2 Å². The maximum Gasteiger partial charge on any atom is 0.269 e. The second-order valence-corrected chi connectivity index (χ2v) is 11.2. The second kappa shape index (κ2) is 11.0. The molecule has 0 unspecified atom stereocenters. The van der Waals surface area contributed by atoms with Gasteiger partial charge in [-0.1, -0.05) is 68.2 Å². The quantitative estimate of drug-likeness (QED) is 0.194. The molecule has 0 N–H and O–H groups in total. The lowest BCUT2D eigenvalue weighted by Gasteiger charge is -2.16. The third-order valence-electron chi connectivity index (χ3n) is 6.38. The van der Waals surface area contributed by atoms with E-state index in [2.05, 4.69) is 18.8 Å². The van der Waals surface area contributed by atoms with E-state index < -0.39 is 0 Å². The second-order valence-electron chi connectivity index (χ2n) is 9.48. The number of fused-ring (bicyclic) bond motifs is 1. The highest BCUT2D eigenvalue weighted by Crippen LogP contribution is 2.36. The first-order valence-electron chi connectivity index (χ1n) is 12.4. The van der Waals surface area contributed by atoms with Crippen LogP contribution in [0.5, 0.6) is 17.4 Å². The maximum absolute atomic E-state index is 13.7. The molecule has 2 aromatic heterocycles. The topological polar surface area (TPSA) is 73.1 Å². The van der Waals surface area contributed by atoms with Gasteiger partial charge in [-0.05, 0) is 65.9 Å². The molecule has 3 heterocycles. The number of carbonyl (C=O) groups excluding carboxylic acids is 1. The Morgan fingerprint density at radius 3 is 2.56 bits per heavy atom. The van der Waals surface area contributed by atoms with Gasteiger partial charge in [0, 0.05) is 6.20 Å². The number of carbonyl (C=O) groups is 1. The largest absolute Gasteiger partial charge is 0.497 e. The van der Waals surface area contributed by atoms with Gasteiger partial charge < -0.3 is 9.47 Å². The van der Waals surface area contributed by atoms with Gasteiger partial charge in [-0.25, -0.2) is 0 Å². The average Bonchev–Trinajstić information content (AvgIpc) is 3.18. The number of rotatable bonds is 7. The summed E-state index contributed by atoms with van der Waals surface area (Å²) in [7, 11) is 1.60. The van der Waals surface area contributed by atoms with E-state index in [-0.39, 0.29) is 28.8 Å². The maximum atomic E-state index is 13.7. The normalized spacial score (nSPS) is 14.6. The Morgan fingerprint density at radius 2 is 1.85 bits per heavy atom. The number of ether oxygens (including phenoxy) is 2. The van der Waals surface area contributed by atoms with Crippen LogP contribution in [0, 0.1) is 6.92 Å². The number of aryl methyl sites for hydroxylation is 1. The monoisotopic (exact) mass is 557 g/mol.